The minimum atomic E-state index is -1.09. The van der Waals surface area contributed by atoms with Crippen LogP contribution in [0.4, 0.5) is 0 Å². The van der Waals surface area contributed by atoms with Gasteiger partial charge in [0, 0.05) is 13.7 Å². The quantitative estimate of drug-likeness (QED) is 0.579. The molecule has 0 fully saturated rings. The van der Waals surface area contributed by atoms with Crippen LogP contribution in [0, 0.1) is 0 Å². The Morgan fingerprint density at radius 3 is 2.27 bits per heavy atom. The predicted molar refractivity (Wildman–Crippen MR) is 54.1 cm³/mol. The van der Waals surface area contributed by atoms with Gasteiger partial charge in [-0.15, -0.1) is 0 Å². The zero-order chi connectivity index (χ0) is 12.1. The van der Waals surface area contributed by atoms with Gasteiger partial charge in [0.1, 0.15) is 11.6 Å². The Balaban J connectivity index is 4.45. The summed E-state index contributed by atoms with van der Waals surface area (Å²) in [5.74, 6) is -0.960. The number of carbonyl (C=O) groups excluding carboxylic acids is 2. The molecule has 0 bridgehead atoms. The maximum absolute atomic E-state index is 11.5. The number of esters is 1. The van der Waals surface area contributed by atoms with Crippen molar-refractivity contribution in [3.05, 3.63) is 0 Å². The van der Waals surface area contributed by atoms with Crippen molar-refractivity contribution < 1.29 is 19.1 Å². The van der Waals surface area contributed by atoms with Gasteiger partial charge in [-0.1, -0.05) is 0 Å². The molecule has 0 aromatic heterocycles. The van der Waals surface area contributed by atoms with Crippen molar-refractivity contribution >= 4 is 11.9 Å². The predicted octanol–water partition coefficient (Wildman–Crippen LogP) is -0.972. The molecule has 0 aliphatic rings. The Labute approximate surface area is 89.1 Å². The molecule has 0 rings (SSSR count). The number of hydrogen-bond donors (Lipinski definition) is 2. The molecular weight excluding hydrogens is 200 g/mol. The van der Waals surface area contributed by atoms with Gasteiger partial charge in [-0.05, 0) is 13.8 Å². The first-order valence-corrected chi connectivity index (χ1v) is 4.52. The Kier molecular flexibility index (Phi) is 5.24. The van der Waals surface area contributed by atoms with Gasteiger partial charge in [-0.2, -0.15) is 0 Å². The average molecular weight is 218 g/mol. The lowest BCUT2D eigenvalue weighted by molar-refractivity contribution is -0.150. The normalized spacial score (nSPS) is 13.1. The van der Waals surface area contributed by atoms with Gasteiger partial charge in [0.05, 0.1) is 7.11 Å². The fourth-order valence-corrected chi connectivity index (χ4v) is 1.00. The summed E-state index contributed by atoms with van der Waals surface area (Å²) in [7, 11) is 2.63. The fraction of sp³-hybridized carbons (Fsp3) is 0.778. The van der Waals surface area contributed by atoms with E-state index in [0.717, 1.165) is 0 Å². The average Bonchev–Trinajstić information content (AvgIpc) is 2.17. The number of nitrogens with one attached hydrogen (secondary N) is 1. The number of nitrogens with two attached hydrogens (primary N) is 1. The number of carbonyl (C=O) groups is 2. The second-order valence-corrected chi connectivity index (χ2v) is 3.57. The zero-order valence-corrected chi connectivity index (χ0v) is 9.49. The van der Waals surface area contributed by atoms with E-state index in [-0.39, 0.29) is 6.54 Å². The van der Waals surface area contributed by atoms with Crippen molar-refractivity contribution in [3.8, 4) is 0 Å². The lowest BCUT2D eigenvalue weighted by Gasteiger charge is -2.25. The highest BCUT2D eigenvalue weighted by atomic mass is 16.5. The maximum atomic E-state index is 11.5. The lowest BCUT2D eigenvalue weighted by atomic mass is 10.1. The molecule has 0 aliphatic carbocycles. The molecule has 15 heavy (non-hydrogen) atoms. The summed E-state index contributed by atoms with van der Waals surface area (Å²) < 4.78 is 9.37. The van der Waals surface area contributed by atoms with Crippen molar-refractivity contribution in [2.45, 2.75) is 25.5 Å². The third-order valence-corrected chi connectivity index (χ3v) is 1.92. The van der Waals surface area contributed by atoms with Crippen molar-refractivity contribution in [1.29, 1.82) is 0 Å². The zero-order valence-electron chi connectivity index (χ0n) is 9.49. The summed E-state index contributed by atoms with van der Waals surface area (Å²) >= 11 is 0. The lowest BCUT2D eigenvalue weighted by Crippen LogP contribution is -2.54. The fourth-order valence-electron chi connectivity index (χ4n) is 1.00. The molecular formula is C9H18N2O4. The summed E-state index contributed by atoms with van der Waals surface area (Å²) in [4.78, 5) is 22.8. The molecule has 0 saturated heterocycles. The van der Waals surface area contributed by atoms with E-state index >= 15 is 0 Å². The molecule has 1 amide bonds. The van der Waals surface area contributed by atoms with Crippen LogP contribution in [-0.2, 0) is 19.1 Å². The van der Waals surface area contributed by atoms with Crippen molar-refractivity contribution in [3.63, 3.8) is 0 Å². The van der Waals surface area contributed by atoms with Crippen molar-refractivity contribution in [2.75, 3.05) is 20.8 Å². The van der Waals surface area contributed by atoms with Crippen LogP contribution in [0.1, 0.15) is 13.8 Å². The molecule has 0 aromatic rings. The Morgan fingerprint density at radius 1 is 1.40 bits per heavy atom. The van der Waals surface area contributed by atoms with Gasteiger partial charge in [-0.25, -0.2) is 4.79 Å². The van der Waals surface area contributed by atoms with Gasteiger partial charge in [-0.3, -0.25) is 4.79 Å². The topological polar surface area (TPSA) is 90.7 Å². The number of rotatable bonds is 5. The van der Waals surface area contributed by atoms with Crippen molar-refractivity contribution in [1.82, 2.24) is 5.32 Å². The van der Waals surface area contributed by atoms with E-state index in [4.69, 9.17) is 10.5 Å². The molecule has 3 N–H and O–H groups in total. The Bertz CT molecular complexity index is 236. The van der Waals surface area contributed by atoms with Crippen LogP contribution in [0.15, 0.2) is 0 Å². The standard InChI is InChI=1S/C9H18N2O4/c1-9(2,8(13)15-4)11-7(12)6(5-10)14-3/h6H,5,10H2,1-4H3,(H,11,12). The van der Waals surface area contributed by atoms with Crippen LogP contribution in [0.2, 0.25) is 0 Å². The Morgan fingerprint density at radius 2 is 1.93 bits per heavy atom. The second-order valence-electron chi connectivity index (χ2n) is 3.57. The monoisotopic (exact) mass is 218 g/mol. The smallest absolute Gasteiger partial charge is 0.330 e. The SMILES string of the molecule is COC(=O)C(C)(C)NC(=O)C(CN)OC. The summed E-state index contributed by atoms with van der Waals surface area (Å²) in [6.07, 6.45) is -0.756. The number of ether oxygens (including phenoxy) is 2. The summed E-state index contributed by atoms with van der Waals surface area (Å²) in [5.41, 5.74) is 4.22. The largest absolute Gasteiger partial charge is 0.467 e. The molecule has 0 radical (unpaired) electrons. The molecule has 0 spiro atoms. The molecule has 88 valence electrons. The molecule has 0 saturated carbocycles. The minimum Gasteiger partial charge on any atom is -0.467 e. The van der Waals surface area contributed by atoms with E-state index in [1.807, 2.05) is 0 Å². The highest BCUT2D eigenvalue weighted by Gasteiger charge is 2.32. The third kappa shape index (κ3) is 3.85. The molecule has 6 heteroatoms. The molecule has 1 unspecified atom stereocenters. The van der Waals surface area contributed by atoms with Crippen LogP contribution >= 0.6 is 0 Å². The highest BCUT2D eigenvalue weighted by molar-refractivity contribution is 5.89. The van der Waals surface area contributed by atoms with E-state index in [1.165, 1.54) is 14.2 Å². The van der Waals surface area contributed by atoms with Crippen LogP contribution < -0.4 is 11.1 Å². The van der Waals surface area contributed by atoms with Gasteiger partial charge < -0.3 is 20.5 Å². The summed E-state index contributed by atoms with van der Waals surface area (Å²) in [6, 6.07) is 0. The maximum Gasteiger partial charge on any atom is 0.330 e. The molecule has 0 aliphatic heterocycles. The van der Waals surface area contributed by atoms with Gasteiger partial charge >= 0.3 is 5.97 Å². The molecule has 1 atom stereocenters. The van der Waals surface area contributed by atoms with E-state index in [2.05, 4.69) is 10.1 Å². The number of amides is 1. The van der Waals surface area contributed by atoms with Crippen LogP contribution in [0.25, 0.3) is 0 Å². The highest BCUT2D eigenvalue weighted by Crippen LogP contribution is 2.05. The van der Waals surface area contributed by atoms with Crippen molar-refractivity contribution in [2.24, 2.45) is 5.73 Å². The van der Waals surface area contributed by atoms with Gasteiger partial charge in [0.15, 0.2) is 0 Å². The third-order valence-electron chi connectivity index (χ3n) is 1.92. The first-order valence-electron chi connectivity index (χ1n) is 4.52. The van der Waals surface area contributed by atoms with E-state index in [1.54, 1.807) is 13.8 Å². The van der Waals surface area contributed by atoms with Crippen LogP contribution in [-0.4, -0.2) is 44.3 Å². The van der Waals surface area contributed by atoms with Crippen LogP contribution in [0.5, 0.6) is 0 Å². The second kappa shape index (κ2) is 5.67. The number of hydrogen-bond acceptors (Lipinski definition) is 5. The minimum absolute atomic E-state index is 0.0551. The first kappa shape index (κ1) is 13.9. The summed E-state index contributed by atoms with van der Waals surface area (Å²) in [6.45, 7) is 3.14. The number of methoxy groups -OCH3 is 2. The van der Waals surface area contributed by atoms with E-state index in [9.17, 15) is 9.59 Å². The summed E-state index contributed by atoms with van der Waals surface area (Å²) in [5, 5.41) is 2.49. The van der Waals surface area contributed by atoms with Crippen LogP contribution in [0.3, 0.4) is 0 Å². The first-order chi connectivity index (χ1) is 6.88. The molecule has 0 aromatic carbocycles. The molecule has 6 nitrogen and oxygen atoms in total. The van der Waals surface area contributed by atoms with Gasteiger partial charge in [0.25, 0.3) is 5.91 Å². The van der Waals surface area contributed by atoms with Gasteiger partial charge in [0.2, 0.25) is 0 Å². The Hall–Kier alpha value is -1.14. The molecule has 0 heterocycles. The van der Waals surface area contributed by atoms with E-state index in [0.29, 0.717) is 0 Å². The van der Waals surface area contributed by atoms with E-state index < -0.39 is 23.5 Å².